The number of oxazole rings is 1. The van der Waals surface area contributed by atoms with Crippen molar-refractivity contribution >= 4 is 11.1 Å². The molecule has 1 aliphatic rings. The average Bonchev–Trinajstić information content (AvgIpc) is 3.04. The second-order valence-corrected chi connectivity index (χ2v) is 7.49. The third-order valence-corrected chi connectivity index (χ3v) is 5.40. The smallest absolute Gasteiger partial charge is 0.417 e. The van der Waals surface area contributed by atoms with Gasteiger partial charge in [0.2, 0.25) is 0 Å². The molecule has 0 saturated heterocycles. The molecule has 2 atom stereocenters. The van der Waals surface area contributed by atoms with Gasteiger partial charge in [-0.3, -0.25) is 9.88 Å². The van der Waals surface area contributed by atoms with E-state index in [-0.39, 0.29) is 12.0 Å². The number of aliphatic hydroxyl groups excluding tert-OH is 1. The Morgan fingerprint density at radius 2 is 1.93 bits per heavy atom. The molecule has 0 bridgehead atoms. The molecule has 30 heavy (non-hydrogen) atoms. The summed E-state index contributed by atoms with van der Waals surface area (Å²) in [6, 6.07) is 2.43. The number of rotatable bonds is 4. The molecule has 1 aromatic heterocycles. The largest absolute Gasteiger partial charge is 0.508 e. The van der Waals surface area contributed by atoms with E-state index in [4.69, 9.17) is 9.52 Å². The number of hydrogen-bond donors (Lipinski definition) is 3. The van der Waals surface area contributed by atoms with Crippen LogP contribution in [0.15, 0.2) is 33.5 Å². The van der Waals surface area contributed by atoms with Crippen molar-refractivity contribution in [3.63, 3.8) is 0 Å². The zero-order chi connectivity index (χ0) is 21.8. The van der Waals surface area contributed by atoms with Crippen molar-refractivity contribution in [1.82, 2.24) is 9.88 Å². The molecule has 10 heteroatoms. The van der Waals surface area contributed by atoms with Crippen LogP contribution in [-0.4, -0.2) is 45.2 Å². The van der Waals surface area contributed by atoms with E-state index in [1.54, 1.807) is 6.92 Å². The van der Waals surface area contributed by atoms with Crippen LogP contribution in [0.3, 0.4) is 0 Å². The zero-order valence-corrected chi connectivity index (χ0v) is 15.8. The highest BCUT2D eigenvalue weighted by Gasteiger charge is 2.43. The lowest BCUT2D eigenvalue weighted by atomic mass is 9.84. The van der Waals surface area contributed by atoms with Crippen molar-refractivity contribution in [3.05, 3.63) is 63.1 Å². The number of aromatic amines is 1. The Labute approximate surface area is 167 Å². The molecule has 6 nitrogen and oxygen atoms in total. The van der Waals surface area contributed by atoms with Crippen molar-refractivity contribution in [2.75, 3.05) is 13.2 Å². The van der Waals surface area contributed by atoms with Gasteiger partial charge < -0.3 is 14.6 Å². The summed E-state index contributed by atoms with van der Waals surface area (Å²) < 4.78 is 63.0. The minimum atomic E-state index is -3.52. The van der Waals surface area contributed by atoms with E-state index in [1.807, 2.05) is 0 Å². The fourth-order valence-electron chi connectivity index (χ4n) is 4.12. The van der Waals surface area contributed by atoms with Crippen LogP contribution in [-0.2, 0) is 6.42 Å². The summed E-state index contributed by atoms with van der Waals surface area (Å²) in [5, 5.41) is 18.5. The maximum atomic E-state index is 14.8. The molecular formula is C20H18F4N2O4. The Balaban J connectivity index is 1.98. The van der Waals surface area contributed by atoms with Crippen molar-refractivity contribution < 1.29 is 32.2 Å². The number of H-pyrrole nitrogens is 1. The Morgan fingerprint density at radius 3 is 2.57 bits per heavy atom. The molecule has 4 rings (SSSR count). The third kappa shape index (κ3) is 3.35. The Hall–Kier alpha value is -2.85. The topological polar surface area (TPSA) is 89.7 Å². The van der Waals surface area contributed by atoms with Crippen LogP contribution in [0.4, 0.5) is 17.6 Å². The molecule has 2 aromatic carbocycles. The molecule has 1 aliphatic heterocycles. The molecule has 2 heterocycles. The zero-order valence-electron chi connectivity index (χ0n) is 15.8. The van der Waals surface area contributed by atoms with Gasteiger partial charge in [0.05, 0.1) is 18.1 Å². The Bertz CT molecular complexity index is 1150. The summed E-state index contributed by atoms with van der Waals surface area (Å²) in [4.78, 5) is 15.3. The second kappa shape index (κ2) is 7.13. The molecule has 1 unspecified atom stereocenters. The van der Waals surface area contributed by atoms with Crippen LogP contribution in [0, 0.1) is 11.6 Å². The lowest BCUT2D eigenvalue weighted by Gasteiger charge is -2.43. The summed E-state index contributed by atoms with van der Waals surface area (Å²) in [5.74, 6) is -7.08. The summed E-state index contributed by atoms with van der Waals surface area (Å²) in [5.41, 5.74) is 0.818. The van der Waals surface area contributed by atoms with E-state index < -0.39 is 59.9 Å². The van der Waals surface area contributed by atoms with E-state index in [2.05, 4.69) is 4.98 Å². The van der Waals surface area contributed by atoms with Crippen LogP contribution in [0.1, 0.15) is 29.7 Å². The van der Waals surface area contributed by atoms with E-state index in [1.165, 1.54) is 17.0 Å². The standard InChI is InChI=1S/C20H18F4N2O4/c1-9-4-12-11(2-3-15-18(12)30-19(29)25-15)17(26(9)7-20(23,24)8-27)16-13(21)5-10(28)6-14(16)22/h2-3,5-6,9,17,27-28H,4,7-8H2,1H3,(H,25,29)/t9-,17?/m1/s1. The van der Waals surface area contributed by atoms with Crippen LogP contribution >= 0.6 is 0 Å². The number of aromatic nitrogens is 1. The second-order valence-electron chi connectivity index (χ2n) is 7.49. The van der Waals surface area contributed by atoms with E-state index >= 15 is 0 Å². The van der Waals surface area contributed by atoms with Gasteiger partial charge in [-0.1, -0.05) is 6.07 Å². The summed E-state index contributed by atoms with van der Waals surface area (Å²) >= 11 is 0. The molecule has 0 spiro atoms. The van der Waals surface area contributed by atoms with Crippen LogP contribution < -0.4 is 5.76 Å². The number of phenolic OH excluding ortho intramolecular Hbond substituents is 1. The normalized spacial score (nSPS) is 19.9. The highest BCUT2D eigenvalue weighted by Crippen LogP contribution is 2.43. The summed E-state index contributed by atoms with van der Waals surface area (Å²) in [7, 11) is 0. The minimum absolute atomic E-state index is 0.173. The van der Waals surface area contributed by atoms with Gasteiger partial charge >= 0.3 is 5.76 Å². The van der Waals surface area contributed by atoms with Gasteiger partial charge in [0.15, 0.2) is 5.58 Å². The molecule has 0 fully saturated rings. The number of aromatic hydroxyl groups is 1. The SMILES string of the molecule is C[C@@H]1Cc2c(ccc3[nH]c(=O)oc23)C(c2c(F)cc(O)cc2F)N1CC(F)(F)CO. The third-order valence-electron chi connectivity index (χ3n) is 5.40. The molecule has 3 N–H and O–H groups in total. The predicted octanol–water partition coefficient (Wildman–Crippen LogP) is 3.07. The molecule has 0 radical (unpaired) electrons. The number of phenols is 1. The fraction of sp³-hybridized carbons (Fsp3) is 0.350. The fourth-order valence-corrected chi connectivity index (χ4v) is 4.12. The predicted molar refractivity (Wildman–Crippen MR) is 98.6 cm³/mol. The van der Waals surface area contributed by atoms with Gasteiger partial charge in [-0.2, -0.15) is 0 Å². The molecule has 0 aliphatic carbocycles. The maximum Gasteiger partial charge on any atom is 0.417 e. The first-order chi connectivity index (χ1) is 14.1. The number of alkyl halides is 2. The van der Waals surface area contributed by atoms with Gasteiger partial charge in [0.25, 0.3) is 5.92 Å². The van der Waals surface area contributed by atoms with Crippen molar-refractivity contribution in [3.8, 4) is 5.75 Å². The highest BCUT2D eigenvalue weighted by atomic mass is 19.3. The van der Waals surface area contributed by atoms with Crippen molar-refractivity contribution in [1.29, 1.82) is 0 Å². The Kier molecular flexibility index (Phi) is 4.86. The number of nitrogens with zero attached hydrogens (tertiary/aromatic N) is 1. The lowest BCUT2D eigenvalue weighted by molar-refractivity contribution is -0.0866. The maximum absolute atomic E-state index is 14.8. The van der Waals surface area contributed by atoms with E-state index in [9.17, 15) is 27.5 Å². The quantitative estimate of drug-likeness (QED) is 0.558. The molecular weight excluding hydrogens is 408 g/mol. The van der Waals surface area contributed by atoms with Gasteiger partial charge in [-0.15, -0.1) is 0 Å². The first-order valence-corrected chi connectivity index (χ1v) is 9.18. The van der Waals surface area contributed by atoms with Crippen molar-refractivity contribution in [2.24, 2.45) is 0 Å². The van der Waals surface area contributed by atoms with E-state index in [0.717, 1.165) is 0 Å². The van der Waals surface area contributed by atoms with Gasteiger partial charge in [0, 0.05) is 29.3 Å². The lowest BCUT2D eigenvalue weighted by Crippen LogP contribution is -2.49. The number of fused-ring (bicyclic) bond motifs is 3. The van der Waals surface area contributed by atoms with Crippen LogP contribution in [0.5, 0.6) is 5.75 Å². The number of nitrogens with one attached hydrogen (secondary N) is 1. The van der Waals surface area contributed by atoms with Crippen LogP contribution in [0.2, 0.25) is 0 Å². The molecule has 160 valence electrons. The average molecular weight is 426 g/mol. The number of aliphatic hydroxyl groups is 1. The van der Waals surface area contributed by atoms with Gasteiger partial charge in [-0.25, -0.2) is 22.4 Å². The number of halogens is 4. The van der Waals surface area contributed by atoms with Gasteiger partial charge in [0.1, 0.15) is 24.0 Å². The molecule has 0 amide bonds. The van der Waals surface area contributed by atoms with Crippen molar-refractivity contribution in [2.45, 2.75) is 31.4 Å². The summed E-state index contributed by atoms with van der Waals surface area (Å²) in [6.45, 7) is -0.783. The summed E-state index contributed by atoms with van der Waals surface area (Å²) in [6.07, 6.45) is 0.173. The number of benzene rings is 2. The number of hydrogen-bond acceptors (Lipinski definition) is 5. The highest BCUT2D eigenvalue weighted by molar-refractivity contribution is 5.78. The first-order valence-electron chi connectivity index (χ1n) is 9.18. The Morgan fingerprint density at radius 1 is 1.27 bits per heavy atom. The minimum Gasteiger partial charge on any atom is -0.508 e. The molecule has 0 saturated carbocycles. The molecule has 3 aromatic rings. The first kappa shape index (κ1) is 20.4. The van der Waals surface area contributed by atoms with Crippen LogP contribution in [0.25, 0.3) is 11.1 Å². The monoisotopic (exact) mass is 426 g/mol. The van der Waals surface area contributed by atoms with E-state index in [0.29, 0.717) is 28.8 Å². The van der Waals surface area contributed by atoms with Gasteiger partial charge in [-0.05, 0) is 25.0 Å².